The summed E-state index contributed by atoms with van der Waals surface area (Å²) in [6.45, 7) is 2.86. The normalized spacial score (nSPS) is 23.6. The Labute approximate surface area is 122 Å². The summed E-state index contributed by atoms with van der Waals surface area (Å²) in [5.74, 6) is 0.842. The maximum Gasteiger partial charge on any atom is 0.153 e. The maximum atomic E-state index is 11.5. The molecule has 1 aliphatic rings. The predicted molar refractivity (Wildman–Crippen MR) is 76.5 cm³/mol. The molecular formula is C11H19BrN4O2S. The van der Waals surface area contributed by atoms with E-state index >= 15 is 0 Å². The van der Waals surface area contributed by atoms with Gasteiger partial charge < -0.3 is 5.32 Å². The fourth-order valence-electron chi connectivity index (χ4n) is 2.64. The Morgan fingerprint density at radius 1 is 1.58 bits per heavy atom. The highest BCUT2D eigenvalue weighted by Gasteiger charge is 2.31. The Bertz CT molecular complexity index is 523. The number of aryl methyl sites for hydroxylation is 1. The number of nitrogens with zero attached hydrogens (tertiary/aromatic N) is 3. The van der Waals surface area contributed by atoms with Crippen molar-refractivity contribution in [2.75, 3.05) is 18.1 Å². The van der Waals surface area contributed by atoms with Gasteiger partial charge in [-0.05, 0) is 41.2 Å². The summed E-state index contributed by atoms with van der Waals surface area (Å²) < 4.78 is 25.5. The van der Waals surface area contributed by atoms with Crippen molar-refractivity contribution in [1.29, 1.82) is 0 Å². The number of aromatic nitrogens is 3. The van der Waals surface area contributed by atoms with Gasteiger partial charge in [-0.25, -0.2) is 13.1 Å². The van der Waals surface area contributed by atoms with Crippen LogP contribution in [0.2, 0.25) is 0 Å². The summed E-state index contributed by atoms with van der Waals surface area (Å²) in [6.07, 6.45) is 1.56. The van der Waals surface area contributed by atoms with Gasteiger partial charge in [0.25, 0.3) is 0 Å². The lowest BCUT2D eigenvalue weighted by molar-refractivity contribution is 0.402. The van der Waals surface area contributed by atoms with Gasteiger partial charge in [0.15, 0.2) is 14.4 Å². The van der Waals surface area contributed by atoms with Crippen LogP contribution in [0.25, 0.3) is 0 Å². The summed E-state index contributed by atoms with van der Waals surface area (Å²) in [7, 11) is -0.973. The molecule has 0 radical (unpaired) electrons. The van der Waals surface area contributed by atoms with E-state index in [9.17, 15) is 8.42 Å². The van der Waals surface area contributed by atoms with Crippen LogP contribution in [0, 0.1) is 5.92 Å². The molecule has 2 heterocycles. The van der Waals surface area contributed by atoms with Crippen LogP contribution in [0.1, 0.15) is 31.5 Å². The Balaban J connectivity index is 2.13. The fourth-order valence-corrected chi connectivity index (χ4v) is 5.12. The first-order valence-corrected chi connectivity index (χ1v) is 9.03. The van der Waals surface area contributed by atoms with Crippen molar-refractivity contribution < 1.29 is 8.42 Å². The number of hydrogen-bond acceptors (Lipinski definition) is 5. The smallest absolute Gasteiger partial charge is 0.153 e. The van der Waals surface area contributed by atoms with E-state index in [4.69, 9.17) is 0 Å². The van der Waals surface area contributed by atoms with Crippen molar-refractivity contribution in [3.05, 3.63) is 10.3 Å². The minimum absolute atomic E-state index is 0.0812. The van der Waals surface area contributed by atoms with Gasteiger partial charge >= 0.3 is 0 Å². The average Bonchev–Trinajstić information content (AvgIpc) is 2.82. The number of sulfone groups is 1. The number of hydrogen-bond donors (Lipinski definition) is 1. The Hall–Kier alpha value is -0.470. The Morgan fingerprint density at radius 2 is 2.32 bits per heavy atom. The van der Waals surface area contributed by atoms with Crippen LogP contribution in [-0.2, 0) is 16.9 Å². The molecule has 0 amide bonds. The lowest BCUT2D eigenvalue weighted by Crippen LogP contribution is -2.26. The highest BCUT2D eigenvalue weighted by atomic mass is 79.9. The summed E-state index contributed by atoms with van der Waals surface area (Å²) in [5.41, 5.74) is 0.978. The highest BCUT2D eigenvalue weighted by Crippen LogP contribution is 2.31. The second-order valence-corrected chi connectivity index (χ2v) is 7.98. The third kappa shape index (κ3) is 3.55. The molecule has 1 aliphatic heterocycles. The summed E-state index contributed by atoms with van der Waals surface area (Å²) in [6, 6.07) is 0.0812. The first-order chi connectivity index (χ1) is 8.93. The molecule has 0 bridgehead atoms. The number of nitrogens with one attached hydrogen (secondary N) is 1. The number of rotatable bonds is 5. The lowest BCUT2D eigenvalue weighted by Gasteiger charge is -2.21. The van der Waals surface area contributed by atoms with E-state index in [-0.39, 0.29) is 12.0 Å². The maximum absolute atomic E-state index is 11.5. The molecule has 1 aromatic rings. The molecule has 0 saturated carbocycles. The van der Waals surface area contributed by atoms with Crippen molar-refractivity contribution >= 4 is 25.8 Å². The third-order valence-corrected chi connectivity index (χ3v) is 5.90. The van der Waals surface area contributed by atoms with Crippen molar-refractivity contribution in [2.45, 2.75) is 25.8 Å². The van der Waals surface area contributed by atoms with E-state index < -0.39 is 9.84 Å². The zero-order chi connectivity index (χ0) is 14.0. The zero-order valence-electron chi connectivity index (χ0n) is 11.1. The van der Waals surface area contributed by atoms with Crippen LogP contribution < -0.4 is 5.32 Å². The van der Waals surface area contributed by atoms with E-state index in [1.54, 1.807) is 4.68 Å². The van der Waals surface area contributed by atoms with E-state index in [2.05, 4.69) is 31.6 Å². The van der Waals surface area contributed by atoms with Crippen molar-refractivity contribution in [2.24, 2.45) is 13.0 Å². The van der Waals surface area contributed by atoms with E-state index in [1.165, 1.54) is 0 Å². The first kappa shape index (κ1) is 14.9. The second kappa shape index (κ2) is 5.88. The first-order valence-electron chi connectivity index (χ1n) is 6.42. The largest absolute Gasteiger partial charge is 0.309 e. The molecule has 2 unspecified atom stereocenters. The Kier molecular flexibility index (Phi) is 4.62. The van der Waals surface area contributed by atoms with Gasteiger partial charge in [0.1, 0.15) is 0 Å². The molecule has 0 aliphatic carbocycles. The van der Waals surface area contributed by atoms with E-state index in [0.29, 0.717) is 11.5 Å². The van der Waals surface area contributed by atoms with Crippen molar-refractivity contribution in [3.8, 4) is 0 Å². The molecule has 6 nitrogen and oxygen atoms in total. The molecule has 2 atom stereocenters. The molecule has 1 fully saturated rings. The van der Waals surface area contributed by atoms with Gasteiger partial charge in [-0.2, -0.15) is 0 Å². The zero-order valence-corrected chi connectivity index (χ0v) is 13.5. The lowest BCUT2D eigenvalue weighted by atomic mass is 9.97. The van der Waals surface area contributed by atoms with E-state index in [0.717, 1.165) is 29.7 Å². The van der Waals surface area contributed by atoms with Gasteiger partial charge in [0, 0.05) is 7.05 Å². The van der Waals surface area contributed by atoms with Gasteiger partial charge in [-0.15, -0.1) is 5.10 Å². The minimum atomic E-state index is -2.82. The molecule has 1 N–H and O–H groups in total. The predicted octanol–water partition coefficient (Wildman–Crippen LogP) is 1.05. The van der Waals surface area contributed by atoms with Crippen LogP contribution >= 0.6 is 15.9 Å². The Morgan fingerprint density at radius 3 is 2.79 bits per heavy atom. The molecule has 0 spiro atoms. The standard InChI is InChI=1S/C11H19BrN4O2S/c1-3-13-9(10-11(12)14-15-16(10)2)6-8-4-5-19(17,18)7-8/h8-9,13H,3-7H2,1-2H3. The topological polar surface area (TPSA) is 76.9 Å². The molecule has 19 heavy (non-hydrogen) atoms. The molecule has 108 valence electrons. The van der Waals surface area contributed by atoms with Crippen LogP contribution in [0.3, 0.4) is 0 Å². The number of halogens is 1. The van der Waals surface area contributed by atoms with Crippen LogP contribution in [0.4, 0.5) is 0 Å². The highest BCUT2D eigenvalue weighted by molar-refractivity contribution is 9.10. The van der Waals surface area contributed by atoms with Crippen LogP contribution in [0.15, 0.2) is 4.60 Å². The molecule has 2 rings (SSSR count). The van der Waals surface area contributed by atoms with Gasteiger partial charge in [-0.1, -0.05) is 12.1 Å². The van der Waals surface area contributed by atoms with Crippen molar-refractivity contribution in [1.82, 2.24) is 20.3 Å². The molecular weight excluding hydrogens is 332 g/mol. The summed E-state index contributed by atoms with van der Waals surface area (Å²) in [5, 5.41) is 11.4. The molecule has 1 aromatic heterocycles. The fraction of sp³-hybridized carbons (Fsp3) is 0.818. The summed E-state index contributed by atoms with van der Waals surface area (Å²) in [4.78, 5) is 0. The van der Waals surface area contributed by atoms with Crippen LogP contribution in [0.5, 0.6) is 0 Å². The molecule has 0 aromatic carbocycles. The van der Waals surface area contributed by atoms with Crippen LogP contribution in [-0.4, -0.2) is 41.5 Å². The minimum Gasteiger partial charge on any atom is -0.309 e. The average molecular weight is 351 g/mol. The van der Waals surface area contributed by atoms with E-state index in [1.807, 2.05) is 14.0 Å². The van der Waals surface area contributed by atoms with Gasteiger partial charge in [-0.3, -0.25) is 0 Å². The monoisotopic (exact) mass is 350 g/mol. The van der Waals surface area contributed by atoms with Crippen molar-refractivity contribution in [3.63, 3.8) is 0 Å². The molecule has 8 heteroatoms. The third-order valence-electron chi connectivity index (χ3n) is 3.50. The quantitative estimate of drug-likeness (QED) is 0.858. The molecule has 1 saturated heterocycles. The van der Waals surface area contributed by atoms with Gasteiger partial charge in [0.2, 0.25) is 0 Å². The second-order valence-electron chi connectivity index (χ2n) is 5.00. The SMILES string of the molecule is CCNC(CC1CCS(=O)(=O)C1)c1c(Br)nnn1C. The van der Waals surface area contributed by atoms with Gasteiger partial charge in [0.05, 0.1) is 23.2 Å². The summed E-state index contributed by atoms with van der Waals surface area (Å²) >= 11 is 3.41.